The van der Waals surface area contributed by atoms with Crippen molar-refractivity contribution in [2.45, 2.75) is 13.2 Å². The number of hydrogen-bond acceptors (Lipinski definition) is 5. The summed E-state index contributed by atoms with van der Waals surface area (Å²) in [5.41, 5.74) is 0.855. The molecule has 2 aromatic rings. The number of thiophene rings is 1. The zero-order chi connectivity index (χ0) is 18.8. The predicted octanol–water partition coefficient (Wildman–Crippen LogP) is 1.75. The molecule has 0 bridgehead atoms. The van der Waals surface area contributed by atoms with Crippen molar-refractivity contribution in [1.82, 2.24) is 15.5 Å². The van der Waals surface area contributed by atoms with Gasteiger partial charge in [-0.05, 0) is 17.0 Å². The summed E-state index contributed by atoms with van der Waals surface area (Å²) in [5.74, 6) is -0.645. The molecule has 1 aromatic heterocycles. The van der Waals surface area contributed by atoms with E-state index in [4.69, 9.17) is 4.74 Å². The summed E-state index contributed by atoms with van der Waals surface area (Å²) in [4.78, 5) is 37.7. The Hall–Kier alpha value is -2.87. The highest BCUT2D eigenvalue weighted by Gasteiger charge is 2.14. The maximum absolute atomic E-state index is 12.0. The molecule has 8 heteroatoms. The van der Waals surface area contributed by atoms with Crippen LogP contribution in [0.15, 0.2) is 47.8 Å². The fourth-order valence-corrected chi connectivity index (χ4v) is 2.66. The van der Waals surface area contributed by atoms with Crippen molar-refractivity contribution in [3.63, 3.8) is 0 Å². The average Bonchev–Trinajstić information content (AvgIpc) is 3.17. The van der Waals surface area contributed by atoms with Crippen LogP contribution in [0.25, 0.3) is 0 Å². The molecule has 0 radical (unpaired) electrons. The summed E-state index contributed by atoms with van der Waals surface area (Å²) in [6.07, 6.45) is -0.683. The molecule has 0 atom stereocenters. The van der Waals surface area contributed by atoms with E-state index < -0.39 is 6.09 Å². The van der Waals surface area contributed by atoms with Crippen LogP contribution in [-0.2, 0) is 27.5 Å². The average molecular weight is 375 g/mol. The van der Waals surface area contributed by atoms with Gasteiger partial charge in [0.15, 0.2) is 0 Å². The number of nitrogens with one attached hydrogen (secondary N) is 2. The Morgan fingerprint density at radius 3 is 2.54 bits per heavy atom. The topological polar surface area (TPSA) is 87.7 Å². The normalized spacial score (nSPS) is 10.0. The second kappa shape index (κ2) is 10.2. The van der Waals surface area contributed by atoms with E-state index in [2.05, 4.69) is 10.6 Å². The minimum absolute atomic E-state index is 0.0784. The third kappa shape index (κ3) is 6.94. The smallest absolute Gasteiger partial charge is 0.407 e. The van der Waals surface area contributed by atoms with E-state index in [1.807, 2.05) is 47.8 Å². The zero-order valence-electron chi connectivity index (χ0n) is 14.4. The maximum atomic E-state index is 12.0. The molecule has 3 amide bonds. The van der Waals surface area contributed by atoms with E-state index in [0.717, 1.165) is 10.4 Å². The number of carbonyl (C=O) groups is 3. The van der Waals surface area contributed by atoms with Gasteiger partial charge in [-0.2, -0.15) is 0 Å². The van der Waals surface area contributed by atoms with Crippen molar-refractivity contribution in [3.05, 3.63) is 58.3 Å². The molecule has 7 nitrogen and oxygen atoms in total. The van der Waals surface area contributed by atoms with Crippen LogP contribution in [0.5, 0.6) is 0 Å². The molecule has 138 valence electrons. The van der Waals surface area contributed by atoms with E-state index in [0.29, 0.717) is 6.54 Å². The quantitative estimate of drug-likeness (QED) is 0.736. The fourth-order valence-electron chi connectivity index (χ4n) is 2.02. The van der Waals surface area contributed by atoms with Gasteiger partial charge in [-0.15, -0.1) is 11.3 Å². The van der Waals surface area contributed by atoms with Crippen LogP contribution in [0, 0.1) is 0 Å². The number of carbonyl (C=O) groups excluding carboxylic acids is 3. The molecule has 0 saturated carbocycles. The summed E-state index contributed by atoms with van der Waals surface area (Å²) >= 11 is 1.55. The van der Waals surface area contributed by atoms with Crippen LogP contribution in [-0.4, -0.2) is 42.9 Å². The molecule has 0 saturated heterocycles. The van der Waals surface area contributed by atoms with Gasteiger partial charge in [-0.25, -0.2) is 4.79 Å². The zero-order valence-corrected chi connectivity index (χ0v) is 15.3. The van der Waals surface area contributed by atoms with Gasteiger partial charge in [0.25, 0.3) is 0 Å². The van der Waals surface area contributed by atoms with E-state index in [9.17, 15) is 14.4 Å². The van der Waals surface area contributed by atoms with Crippen molar-refractivity contribution < 1.29 is 19.1 Å². The first-order chi connectivity index (χ1) is 12.5. The fraction of sp³-hybridized carbons (Fsp3) is 0.278. The number of nitrogens with zero attached hydrogens (tertiary/aromatic N) is 1. The van der Waals surface area contributed by atoms with E-state index >= 15 is 0 Å². The Balaban J connectivity index is 1.63. The number of hydrogen-bond donors (Lipinski definition) is 2. The van der Waals surface area contributed by atoms with Gasteiger partial charge in [-0.1, -0.05) is 36.4 Å². The standard InChI is InChI=1S/C18H21N3O4S/c1-21(12-16(22)19-10-15-8-5-9-26-15)17(23)11-20-18(24)25-13-14-6-3-2-4-7-14/h2-9H,10-13H2,1H3,(H,19,22)(H,20,24). The van der Waals surface area contributed by atoms with Crippen LogP contribution < -0.4 is 10.6 Å². The molecular weight excluding hydrogens is 354 g/mol. The van der Waals surface area contributed by atoms with Gasteiger partial charge >= 0.3 is 6.09 Å². The summed E-state index contributed by atoms with van der Waals surface area (Å²) in [6.45, 7) is 0.248. The lowest BCUT2D eigenvalue weighted by atomic mass is 10.2. The summed E-state index contributed by atoms with van der Waals surface area (Å²) in [5, 5.41) is 7.05. The van der Waals surface area contributed by atoms with Crippen LogP contribution in [0.2, 0.25) is 0 Å². The molecule has 1 aromatic carbocycles. The first kappa shape index (κ1) is 19.5. The third-order valence-corrected chi connectivity index (χ3v) is 4.32. The van der Waals surface area contributed by atoms with Gasteiger partial charge < -0.3 is 20.3 Å². The largest absolute Gasteiger partial charge is 0.445 e. The van der Waals surface area contributed by atoms with Gasteiger partial charge in [0, 0.05) is 11.9 Å². The first-order valence-corrected chi connectivity index (χ1v) is 8.90. The Labute approximate surface area is 156 Å². The molecule has 0 spiro atoms. The minimum atomic E-state index is -0.683. The summed E-state index contributed by atoms with van der Waals surface area (Å²) in [7, 11) is 1.50. The Morgan fingerprint density at radius 2 is 1.85 bits per heavy atom. The van der Waals surface area contributed by atoms with Gasteiger partial charge in [0.05, 0.1) is 13.1 Å². The molecule has 1 heterocycles. The molecule has 0 aliphatic rings. The Kier molecular flexibility index (Phi) is 7.63. The van der Waals surface area contributed by atoms with Crippen molar-refractivity contribution in [2.75, 3.05) is 20.1 Å². The molecular formula is C18H21N3O4S. The van der Waals surface area contributed by atoms with E-state index in [1.54, 1.807) is 11.3 Å². The lowest BCUT2D eigenvalue weighted by Crippen LogP contribution is -2.43. The molecule has 0 fully saturated rings. The monoisotopic (exact) mass is 375 g/mol. The second-order valence-electron chi connectivity index (χ2n) is 5.52. The number of likely N-dealkylation sites (N-methyl/N-ethyl adjacent to an activating group) is 1. The number of rotatable bonds is 8. The molecule has 2 N–H and O–H groups in total. The number of ether oxygens (including phenoxy) is 1. The van der Waals surface area contributed by atoms with Crippen molar-refractivity contribution in [3.8, 4) is 0 Å². The van der Waals surface area contributed by atoms with Crippen molar-refractivity contribution in [1.29, 1.82) is 0 Å². The lowest BCUT2D eigenvalue weighted by molar-refractivity contribution is -0.134. The van der Waals surface area contributed by atoms with Crippen molar-refractivity contribution in [2.24, 2.45) is 0 Å². The minimum Gasteiger partial charge on any atom is -0.445 e. The number of benzene rings is 1. The predicted molar refractivity (Wildman–Crippen MR) is 98.4 cm³/mol. The molecule has 26 heavy (non-hydrogen) atoms. The van der Waals surface area contributed by atoms with E-state index in [-0.39, 0.29) is 31.5 Å². The van der Waals surface area contributed by atoms with Crippen LogP contribution in [0.1, 0.15) is 10.4 Å². The van der Waals surface area contributed by atoms with Gasteiger partial charge in [-0.3, -0.25) is 9.59 Å². The Bertz CT molecular complexity index is 719. The molecule has 0 aliphatic carbocycles. The van der Waals surface area contributed by atoms with Crippen LogP contribution >= 0.6 is 11.3 Å². The Morgan fingerprint density at radius 1 is 1.08 bits per heavy atom. The van der Waals surface area contributed by atoms with Gasteiger partial charge in [0.2, 0.25) is 11.8 Å². The molecule has 2 rings (SSSR count). The first-order valence-electron chi connectivity index (χ1n) is 8.02. The van der Waals surface area contributed by atoms with Gasteiger partial charge in [0.1, 0.15) is 13.2 Å². The summed E-state index contributed by atoms with van der Waals surface area (Å²) in [6, 6.07) is 13.1. The lowest BCUT2D eigenvalue weighted by Gasteiger charge is -2.17. The van der Waals surface area contributed by atoms with Crippen molar-refractivity contribution >= 4 is 29.2 Å². The SMILES string of the molecule is CN(CC(=O)NCc1cccs1)C(=O)CNC(=O)OCc1ccccc1. The highest BCUT2D eigenvalue weighted by atomic mass is 32.1. The maximum Gasteiger partial charge on any atom is 0.407 e. The van der Waals surface area contributed by atoms with Crippen LogP contribution in [0.4, 0.5) is 4.79 Å². The number of alkyl carbamates (subject to hydrolysis) is 1. The highest BCUT2D eigenvalue weighted by Crippen LogP contribution is 2.07. The van der Waals surface area contributed by atoms with Crippen LogP contribution in [0.3, 0.4) is 0 Å². The second-order valence-corrected chi connectivity index (χ2v) is 6.55. The third-order valence-electron chi connectivity index (χ3n) is 3.44. The van der Waals surface area contributed by atoms with E-state index in [1.165, 1.54) is 11.9 Å². The number of amides is 3. The summed E-state index contributed by atoms with van der Waals surface area (Å²) < 4.78 is 5.02. The highest BCUT2D eigenvalue weighted by molar-refractivity contribution is 7.09. The molecule has 0 aliphatic heterocycles. The molecule has 0 unspecified atom stereocenters.